The van der Waals surface area contributed by atoms with Crippen LogP contribution in [0.1, 0.15) is 54.5 Å². The van der Waals surface area contributed by atoms with Crippen LogP contribution in [0.15, 0.2) is 188 Å². The molecule has 0 aromatic heterocycles. The Bertz CT molecular complexity index is 2340. The molecule has 2 heteroatoms. The number of allylic oxidation sites excluding steroid dienone is 5. The summed E-state index contributed by atoms with van der Waals surface area (Å²) in [6.07, 6.45) is 14.1. The number of nitrogens with zero attached hydrogens (tertiary/aromatic N) is 2. The summed E-state index contributed by atoms with van der Waals surface area (Å²) in [5.74, 6) is 0.585. The van der Waals surface area contributed by atoms with Crippen molar-refractivity contribution in [3.05, 3.63) is 216 Å². The molecule has 6 aromatic rings. The van der Waals surface area contributed by atoms with Gasteiger partial charge in [0, 0.05) is 41.1 Å². The first-order valence-electron chi connectivity index (χ1n) is 20.0. The quantitative estimate of drug-likeness (QED) is 0.0851. The number of hydrogen-bond donors (Lipinski definition) is 0. The van der Waals surface area contributed by atoms with E-state index in [4.69, 9.17) is 0 Å². The molecular formula is C53H53N2+. The van der Waals surface area contributed by atoms with Gasteiger partial charge in [0.15, 0.2) is 5.71 Å². The molecule has 1 atom stereocenters. The zero-order chi connectivity index (χ0) is 37.8. The minimum Gasteiger partial charge on any atom is -0.344 e. The molecule has 0 aliphatic carbocycles. The topological polar surface area (TPSA) is 6.25 Å². The largest absolute Gasteiger partial charge is 0.344 e. The summed E-state index contributed by atoms with van der Waals surface area (Å²) in [4.78, 5) is 2.65. The minimum atomic E-state index is -0.274. The maximum atomic E-state index is 4.38. The van der Waals surface area contributed by atoms with Gasteiger partial charge in [0.25, 0.3) is 0 Å². The van der Waals surface area contributed by atoms with Crippen molar-refractivity contribution >= 4 is 27.9 Å². The number of hydrogen-bond acceptors (Lipinski definition) is 1. The number of para-hydroxylation sites is 1. The third-order valence-corrected chi connectivity index (χ3v) is 12.1. The normalized spacial score (nSPS) is 18.1. The zero-order valence-electron chi connectivity index (χ0n) is 32.7. The van der Waals surface area contributed by atoms with Crippen molar-refractivity contribution in [2.45, 2.75) is 56.8 Å². The smallest absolute Gasteiger partial charge is 0.209 e. The predicted octanol–water partition coefficient (Wildman–Crippen LogP) is 12.4. The first-order chi connectivity index (χ1) is 26.9. The van der Waals surface area contributed by atoms with Crippen LogP contribution in [0.5, 0.6) is 0 Å². The van der Waals surface area contributed by atoms with Gasteiger partial charge >= 0.3 is 0 Å². The summed E-state index contributed by atoms with van der Waals surface area (Å²) in [5, 5.41) is 2.57. The van der Waals surface area contributed by atoms with E-state index in [2.05, 4.69) is 213 Å². The van der Waals surface area contributed by atoms with Crippen molar-refractivity contribution in [3.63, 3.8) is 0 Å². The van der Waals surface area contributed by atoms with Gasteiger partial charge < -0.3 is 4.90 Å². The van der Waals surface area contributed by atoms with E-state index in [1.807, 2.05) is 0 Å². The maximum absolute atomic E-state index is 4.38. The SMILES string of the molecule is C=CCC1(Cc2ccccc2)/C(=C\C=C\C2=[N+](C)c3ccccc3C2(Cc2ccccc2)Cc2ccccc2)N(CCC(C)C)c2cc3ccccc3cc21. The summed E-state index contributed by atoms with van der Waals surface area (Å²) in [5.41, 5.74) is 11.6. The van der Waals surface area contributed by atoms with Crippen LogP contribution in [0.25, 0.3) is 10.8 Å². The second-order valence-electron chi connectivity index (χ2n) is 16.1. The zero-order valence-corrected chi connectivity index (χ0v) is 32.7. The average Bonchev–Trinajstić information content (AvgIpc) is 3.57. The Labute approximate surface area is 328 Å². The fourth-order valence-electron chi connectivity index (χ4n) is 9.49. The third-order valence-electron chi connectivity index (χ3n) is 12.1. The van der Waals surface area contributed by atoms with Crippen LogP contribution in [-0.4, -0.2) is 23.9 Å². The predicted molar refractivity (Wildman–Crippen MR) is 234 cm³/mol. The summed E-state index contributed by atoms with van der Waals surface area (Å²) in [6, 6.07) is 56.0. The highest BCUT2D eigenvalue weighted by Gasteiger charge is 2.50. The van der Waals surface area contributed by atoms with Gasteiger partial charge in [-0.15, -0.1) is 6.58 Å². The van der Waals surface area contributed by atoms with E-state index >= 15 is 0 Å². The highest BCUT2D eigenvalue weighted by atomic mass is 15.2. The van der Waals surface area contributed by atoms with E-state index < -0.39 is 0 Å². The van der Waals surface area contributed by atoms with E-state index in [9.17, 15) is 0 Å². The van der Waals surface area contributed by atoms with E-state index in [0.717, 1.165) is 38.6 Å². The lowest BCUT2D eigenvalue weighted by Crippen LogP contribution is -2.39. The molecule has 2 heterocycles. The Morgan fingerprint density at radius 1 is 0.636 bits per heavy atom. The highest BCUT2D eigenvalue weighted by molar-refractivity contribution is 6.04. The molecule has 0 saturated carbocycles. The van der Waals surface area contributed by atoms with Gasteiger partial charge in [-0.2, -0.15) is 4.58 Å². The molecule has 2 aliphatic rings. The van der Waals surface area contributed by atoms with Crippen LogP contribution < -0.4 is 4.90 Å². The lowest BCUT2D eigenvalue weighted by atomic mass is 9.69. The Hall–Kier alpha value is -5.73. The molecule has 0 saturated heterocycles. The van der Waals surface area contributed by atoms with Gasteiger partial charge in [-0.1, -0.05) is 159 Å². The summed E-state index contributed by atoms with van der Waals surface area (Å²) < 4.78 is 2.45. The molecule has 55 heavy (non-hydrogen) atoms. The molecule has 1 unspecified atom stereocenters. The number of fused-ring (bicyclic) bond motifs is 3. The molecule has 8 rings (SSSR count). The van der Waals surface area contributed by atoms with Crippen molar-refractivity contribution in [3.8, 4) is 0 Å². The Balaban J connectivity index is 1.32. The van der Waals surface area contributed by atoms with E-state index in [-0.39, 0.29) is 10.8 Å². The van der Waals surface area contributed by atoms with Crippen LogP contribution in [-0.2, 0) is 30.1 Å². The van der Waals surface area contributed by atoms with Gasteiger partial charge in [0.05, 0.1) is 5.41 Å². The molecule has 274 valence electrons. The summed E-state index contributed by atoms with van der Waals surface area (Å²) in [7, 11) is 2.26. The van der Waals surface area contributed by atoms with Crippen LogP contribution >= 0.6 is 0 Å². The Morgan fingerprint density at radius 3 is 1.75 bits per heavy atom. The Kier molecular flexibility index (Phi) is 10.3. The van der Waals surface area contributed by atoms with E-state index in [0.29, 0.717) is 5.92 Å². The fourth-order valence-corrected chi connectivity index (χ4v) is 9.49. The molecule has 0 radical (unpaired) electrons. The maximum Gasteiger partial charge on any atom is 0.209 e. The van der Waals surface area contributed by atoms with Gasteiger partial charge in [-0.25, -0.2) is 0 Å². The molecule has 0 amide bonds. The van der Waals surface area contributed by atoms with Gasteiger partial charge in [-0.05, 0) is 89.3 Å². The molecular weight excluding hydrogens is 665 g/mol. The standard InChI is InChI=1S/C53H53N2/c1-5-33-52(37-41-20-9-6-10-21-41)47-35-44-26-15-16-27-45(44)36-49(47)55(34-32-40(2)3)51(52)31-19-30-50-53(38-42-22-11-7-12-23-42,39-43-24-13-8-14-25-43)46-28-17-18-29-48(46)54(50)4/h5-31,35-36,40H,1,32-34,37-39H2,2-4H3/q+1. The number of rotatable bonds is 13. The summed E-state index contributed by atoms with van der Waals surface area (Å²) >= 11 is 0. The first kappa shape index (κ1) is 36.3. The molecule has 2 nitrogen and oxygen atoms in total. The first-order valence-corrected chi connectivity index (χ1v) is 20.0. The number of anilines is 1. The van der Waals surface area contributed by atoms with Crippen molar-refractivity contribution in [1.82, 2.24) is 0 Å². The number of benzene rings is 6. The van der Waals surface area contributed by atoms with Crippen LogP contribution in [0.2, 0.25) is 0 Å². The third kappa shape index (κ3) is 6.91. The van der Waals surface area contributed by atoms with Gasteiger partial charge in [0.1, 0.15) is 7.05 Å². The Morgan fingerprint density at radius 2 is 1.16 bits per heavy atom. The lowest BCUT2D eigenvalue weighted by molar-refractivity contribution is -0.401. The van der Waals surface area contributed by atoms with Crippen molar-refractivity contribution in [1.29, 1.82) is 0 Å². The van der Waals surface area contributed by atoms with Crippen LogP contribution in [0, 0.1) is 5.92 Å². The lowest BCUT2D eigenvalue weighted by Gasteiger charge is -2.34. The fraction of sp³-hybridized carbons (Fsp3) is 0.226. The molecule has 2 aliphatic heterocycles. The van der Waals surface area contributed by atoms with Crippen molar-refractivity contribution in [2.24, 2.45) is 5.92 Å². The molecule has 0 N–H and O–H groups in total. The van der Waals surface area contributed by atoms with Crippen molar-refractivity contribution in [2.75, 3.05) is 18.5 Å². The van der Waals surface area contributed by atoms with Gasteiger partial charge in [0.2, 0.25) is 5.69 Å². The van der Waals surface area contributed by atoms with E-state index in [1.54, 1.807) is 0 Å². The minimum absolute atomic E-state index is 0.251. The van der Waals surface area contributed by atoms with Crippen LogP contribution in [0.4, 0.5) is 11.4 Å². The molecule has 0 spiro atoms. The average molecular weight is 718 g/mol. The van der Waals surface area contributed by atoms with Gasteiger partial charge in [-0.3, -0.25) is 0 Å². The monoisotopic (exact) mass is 717 g/mol. The highest BCUT2D eigenvalue weighted by Crippen LogP contribution is 2.54. The van der Waals surface area contributed by atoms with E-state index in [1.165, 1.54) is 61.4 Å². The molecule has 0 bridgehead atoms. The van der Waals surface area contributed by atoms with Crippen LogP contribution in [0.3, 0.4) is 0 Å². The second-order valence-corrected chi connectivity index (χ2v) is 16.1. The summed E-state index contributed by atoms with van der Waals surface area (Å²) in [6.45, 7) is 10.0. The van der Waals surface area contributed by atoms with Crippen molar-refractivity contribution < 1.29 is 4.58 Å². The molecule has 6 aromatic carbocycles. The second kappa shape index (κ2) is 15.6. The molecule has 0 fully saturated rings.